The number of benzene rings is 1. The van der Waals surface area contributed by atoms with E-state index in [0.717, 1.165) is 12.0 Å². The predicted molar refractivity (Wildman–Crippen MR) is 87.4 cm³/mol. The Balaban J connectivity index is 1.60. The van der Waals surface area contributed by atoms with E-state index in [0.29, 0.717) is 17.9 Å². The minimum absolute atomic E-state index is 0.437. The summed E-state index contributed by atoms with van der Waals surface area (Å²) in [5.41, 5.74) is 2.18. The number of aliphatic hydroxyl groups is 1. The van der Waals surface area contributed by atoms with Crippen molar-refractivity contribution in [3.8, 4) is 11.3 Å². The summed E-state index contributed by atoms with van der Waals surface area (Å²) in [7, 11) is 0. The van der Waals surface area contributed by atoms with Gasteiger partial charge in [-0.3, -0.25) is 0 Å². The molecule has 0 aliphatic carbocycles. The lowest BCUT2D eigenvalue weighted by molar-refractivity contribution is -0.228. The Labute approximate surface area is 145 Å². The van der Waals surface area contributed by atoms with Crippen LogP contribution in [0, 0.1) is 0 Å². The molecular formula is C18H21N3O4. The summed E-state index contributed by atoms with van der Waals surface area (Å²) in [5, 5.41) is 20.1. The molecule has 3 aliphatic heterocycles. The Bertz CT molecular complexity index is 831. The van der Waals surface area contributed by atoms with Crippen LogP contribution in [0.5, 0.6) is 0 Å². The third kappa shape index (κ3) is 2.01. The minimum atomic E-state index is -1.32. The molecule has 1 aromatic heterocycles. The molecule has 0 spiro atoms. The SMILES string of the molecule is CCc1ccc(-c2nnn3c2C2(O)C(C3)OC3OC(C)(C)OC32)cc1. The fourth-order valence-electron chi connectivity index (χ4n) is 4.13. The van der Waals surface area contributed by atoms with Crippen LogP contribution in [0.15, 0.2) is 24.3 Å². The Morgan fingerprint density at radius 1 is 1.24 bits per heavy atom. The molecule has 0 saturated carbocycles. The van der Waals surface area contributed by atoms with Crippen molar-refractivity contribution >= 4 is 0 Å². The van der Waals surface area contributed by atoms with Crippen molar-refractivity contribution in [2.45, 2.75) is 63.6 Å². The van der Waals surface area contributed by atoms with Crippen LogP contribution < -0.4 is 0 Å². The maximum atomic E-state index is 11.6. The Kier molecular flexibility index (Phi) is 3.02. The fraction of sp³-hybridized carbons (Fsp3) is 0.556. The van der Waals surface area contributed by atoms with Gasteiger partial charge in [-0.05, 0) is 25.8 Å². The second kappa shape index (κ2) is 4.88. The first-order chi connectivity index (χ1) is 11.9. The molecule has 3 aliphatic rings. The number of fused-ring (bicyclic) bond motifs is 5. The molecule has 1 aromatic carbocycles. The van der Waals surface area contributed by atoms with Crippen LogP contribution in [0.4, 0.5) is 0 Å². The second-order valence-electron chi connectivity index (χ2n) is 7.39. The standard InChI is InChI=1S/C18H21N3O4/c1-4-10-5-7-11(8-6-10)13-14-18(22)12(9-21(14)20-19-13)23-16-15(18)24-17(2,3)25-16/h5-8,12,15-16,22H,4,9H2,1-3H3. The summed E-state index contributed by atoms with van der Waals surface area (Å²) < 4.78 is 19.4. The summed E-state index contributed by atoms with van der Waals surface area (Å²) in [6.45, 7) is 6.20. The monoisotopic (exact) mass is 343 g/mol. The summed E-state index contributed by atoms with van der Waals surface area (Å²) in [5.74, 6) is -0.792. The molecule has 2 aromatic rings. The number of rotatable bonds is 2. The van der Waals surface area contributed by atoms with Gasteiger partial charge in [0.15, 0.2) is 17.7 Å². The first kappa shape index (κ1) is 15.5. The minimum Gasteiger partial charge on any atom is -0.378 e. The maximum Gasteiger partial charge on any atom is 0.191 e. The van der Waals surface area contributed by atoms with E-state index in [9.17, 15) is 5.11 Å². The molecule has 25 heavy (non-hydrogen) atoms. The van der Waals surface area contributed by atoms with Gasteiger partial charge in [-0.1, -0.05) is 36.4 Å². The fourth-order valence-corrected chi connectivity index (χ4v) is 4.13. The molecule has 2 saturated heterocycles. The lowest BCUT2D eigenvalue weighted by Crippen LogP contribution is -2.44. The molecule has 2 fully saturated rings. The lowest BCUT2D eigenvalue weighted by atomic mass is 9.89. The Morgan fingerprint density at radius 3 is 2.72 bits per heavy atom. The summed E-state index contributed by atoms with van der Waals surface area (Å²) in [6.07, 6.45) is -0.647. The highest BCUT2D eigenvalue weighted by Crippen LogP contribution is 2.52. The van der Waals surface area contributed by atoms with Gasteiger partial charge in [0.05, 0.1) is 6.54 Å². The number of hydrogen-bond acceptors (Lipinski definition) is 6. The highest BCUT2D eigenvalue weighted by Gasteiger charge is 2.68. The highest BCUT2D eigenvalue weighted by molar-refractivity contribution is 5.64. The lowest BCUT2D eigenvalue weighted by Gasteiger charge is -2.28. The third-order valence-corrected chi connectivity index (χ3v) is 5.37. The smallest absolute Gasteiger partial charge is 0.191 e. The molecule has 7 nitrogen and oxygen atoms in total. The van der Waals surface area contributed by atoms with E-state index in [2.05, 4.69) is 29.4 Å². The number of nitrogens with zero attached hydrogens (tertiary/aromatic N) is 3. The van der Waals surface area contributed by atoms with Crippen LogP contribution >= 0.6 is 0 Å². The topological polar surface area (TPSA) is 78.6 Å². The van der Waals surface area contributed by atoms with Crippen LogP contribution in [0.2, 0.25) is 0 Å². The van der Waals surface area contributed by atoms with E-state index in [1.807, 2.05) is 26.0 Å². The molecule has 132 valence electrons. The van der Waals surface area contributed by atoms with Gasteiger partial charge < -0.3 is 19.3 Å². The highest BCUT2D eigenvalue weighted by atomic mass is 16.8. The van der Waals surface area contributed by atoms with Crippen LogP contribution in [0.1, 0.15) is 32.0 Å². The molecule has 4 heterocycles. The zero-order chi connectivity index (χ0) is 17.4. The van der Waals surface area contributed by atoms with E-state index >= 15 is 0 Å². The zero-order valence-corrected chi connectivity index (χ0v) is 14.5. The van der Waals surface area contributed by atoms with Gasteiger partial charge in [-0.25, -0.2) is 4.68 Å². The van der Waals surface area contributed by atoms with Crippen LogP contribution in [0.25, 0.3) is 11.3 Å². The van der Waals surface area contributed by atoms with Crippen molar-refractivity contribution in [3.63, 3.8) is 0 Å². The van der Waals surface area contributed by atoms with E-state index in [-0.39, 0.29) is 0 Å². The normalized spacial score (nSPS) is 34.8. The quantitative estimate of drug-likeness (QED) is 0.892. The largest absolute Gasteiger partial charge is 0.378 e. The molecular weight excluding hydrogens is 322 g/mol. The van der Waals surface area contributed by atoms with E-state index in [4.69, 9.17) is 14.2 Å². The average Bonchev–Trinajstić information content (AvgIpc) is 3.26. The zero-order valence-electron chi connectivity index (χ0n) is 14.5. The predicted octanol–water partition coefficient (Wildman–Crippen LogP) is 1.59. The third-order valence-electron chi connectivity index (χ3n) is 5.37. The van der Waals surface area contributed by atoms with Gasteiger partial charge >= 0.3 is 0 Å². The molecule has 4 atom stereocenters. The van der Waals surface area contributed by atoms with E-state index in [1.165, 1.54) is 5.56 Å². The summed E-state index contributed by atoms with van der Waals surface area (Å²) >= 11 is 0. The number of hydrogen-bond donors (Lipinski definition) is 1. The van der Waals surface area contributed by atoms with Gasteiger partial charge in [0.1, 0.15) is 23.6 Å². The Hall–Kier alpha value is -1.80. The first-order valence-electron chi connectivity index (χ1n) is 8.69. The summed E-state index contributed by atoms with van der Waals surface area (Å²) in [6, 6.07) is 8.18. The van der Waals surface area contributed by atoms with Gasteiger partial charge in [0, 0.05) is 5.56 Å². The van der Waals surface area contributed by atoms with Gasteiger partial charge in [0.2, 0.25) is 0 Å². The van der Waals surface area contributed by atoms with E-state index < -0.39 is 29.9 Å². The van der Waals surface area contributed by atoms with Crippen LogP contribution in [-0.2, 0) is 32.8 Å². The van der Waals surface area contributed by atoms with Gasteiger partial charge in [-0.2, -0.15) is 0 Å². The molecule has 4 unspecified atom stereocenters. The maximum absolute atomic E-state index is 11.6. The van der Waals surface area contributed by atoms with Crippen molar-refractivity contribution in [2.75, 3.05) is 0 Å². The van der Waals surface area contributed by atoms with Crippen LogP contribution in [-0.4, -0.2) is 44.4 Å². The van der Waals surface area contributed by atoms with Crippen molar-refractivity contribution in [1.29, 1.82) is 0 Å². The molecule has 0 radical (unpaired) electrons. The summed E-state index contributed by atoms with van der Waals surface area (Å²) in [4.78, 5) is 0. The van der Waals surface area contributed by atoms with Crippen molar-refractivity contribution in [3.05, 3.63) is 35.5 Å². The molecule has 7 heteroatoms. The number of aryl methyl sites for hydroxylation is 1. The number of ether oxygens (including phenoxy) is 3. The van der Waals surface area contributed by atoms with E-state index in [1.54, 1.807) is 4.68 Å². The van der Waals surface area contributed by atoms with Gasteiger partial charge in [0.25, 0.3) is 0 Å². The molecule has 0 bridgehead atoms. The Morgan fingerprint density at radius 2 is 2.00 bits per heavy atom. The molecule has 0 amide bonds. The average molecular weight is 343 g/mol. The van der Waals surface area contributed by atoms with Crippen LogP contribution in [0.3, 0.4) is 0 Å². The van der Waals surface area contributed by atoms with Gasteiger partial charge in [-0.15, -0.1) is 5.10 Å². The second-order valence-corrected chi connectivity index (χ2v) is 7.39. The molecule has 1 N–H and O–H groups in total. The van der Waals surface area contributed by atoms with Crippen molar-refractivity contribution in [1.82, 2.24) is 15.0 Å². The number of aromatic nitrogens is 3. The molecule has 5 rings (SSSR count). The van der Waals surface area contributed by atoms with Crippen molar-refractivity contribution < 1.29 is 19.3 Å². The van der Waals surface area contributed by atoms with Crippen molar-refractivity contribution in [2.24, 2.45) is 0 Å². The first-order valence-corrected chi connectivity index (χ1v) is 8.69.